The van der Waals surface area contributed by atoms with Gasteiger partial charge in [0.2, 0.25) is 0 Å². The van der Waals surface area contributed by atoms with Crippen LogP contribution in [0.25, 0.3) is 0 Å². The molecule has 0 amide bonds. The lowest BCUT2D eigenvalue weighted by atomic mass is 9.73. The lowest BCUT2D eigenvalue weighted by Gasteiger charge is -2.36. The zero-order chi connectivity index (χ0) is 21.4. The van der Waals surface area contributed by atoms with E-state index >= 15 is 0 Å². The van der Waals surface area contributed by atoms with Gasteiger partial charge in [-0.2, -0.15) is 0 Å². The number of hydrogen-bond acceptors (Lipinski definition) is 5. The molecule has 5 nitrogen and oxygen atoms in total. The Morgan fingerprint density at radius 3 is 2.17 bits per heavy atom. The van der Waals surface area contributed by atoms with Crippen molar-refractivity contribution in [2.24, 2.45) is 0 Å². The lowest BCUT2D eigenvalue weighted by Crippen LogP contribution is -2.30. The lowest BCUT2D eigenvalue weighted by molar-refractivity contribution is -0.117. The highest BCUT2D eigenvalue weighted by atomic mass is 35.5. The molecule has 0 bridgehead atoms. The van der Waals surface area contributed by atoms with Gasteiger partial charge in [-0.15, -0.1) is 0 Å². The molecule has 6 heteroatoms. The predicted octanol–water partition coefficient (Wildman–Crippen LogP) is 5.65. The van der Waals surface area contributed by atoms with Crippen LogP contribution in [-0.2, 0) is 14.3 Å². The van der Waals surface area contributed by atoms with Crippen molar-refractivity contribution in [3.05, 3.63) is 45.4 Å². The Bertz CT molecular complexity index is 915. The van der Waals surface area contributed by atoms with Gasteiger partial charge in [-0.05, 0) is 51.3 Å². The molecule has 1 aromatic carbocycles. The molecule has 30 heavy (non-hydrogen) atoms. The Kier molecular flexibility index (Phi) is 5.92. The summed E-state index contributed by atoms with van der Waals surface area (Å²) in [6, 6.07) is 3.67. The minimum Gasteiger partial charge on any atom is -0.490 e. The highest BCUT2D eigenvalue weighted by Gasteiger charge is 2.42. The van der Waals surface area contributed by atoms with E-state index in [9.17, 15) is 9.59 Å². The Morgan fingerprint density at radius 2 is 1.63 bits per heavy atom. The second-order valence-electron chi connectivity index (χ2n) is 8.19. The van der Waals surface area contributed by atoms with E-state index in [1.165, 1.54) is 0 Å². The minimum atomic E-state index is -0.464. The summed E-state index contributed by atoms with van der Waals surface area (Å²) >= 11 is 6.62. The van der Waals surface area contributed by atoms with Gasteiger partial charge in [-0.25, -0.2) is 0 Å². The van der Waals surface area contributed by atoms with Gasteiger partial charge in [-0.3, -0.25) is 9.59 Å². The van der Waals surface area contributed by atoms with E-state index in [4.69, 9.17) is 25.8 Å². The standard InChI is InChI=1S/C24H27ClO5/c1-4-28-20-12-14(11-15(25)24(20)29-13(2)3)21-22-16(26)7-5-9-18(22)30-19-10-6-8-17(27)23(19)21/h11-13,21H,4-10H2,1-3H3. The highest BCUT2D eigenvalue weighted by molar-refractivity contribution is 6.32. The first-order valence-electron chi connectivity index (χ1n) is 10.7. The molecule has 0 radical (unpaired) electrons. The van der Waals surface area contributed by atoms with Crippen molar-refractivity contribution in [1.29, 1.82) is 0 Å². The first kappa shape index (κ1) is 21.0. The van der Waals surface area contributed by atoms with Crippen molar-refractivity contribution in [1.82, 2.24) is 0 Å². The van der Waals surface area contributed by atoms with E-state index in [-0.39, 0.29) is 17.7 Å². The van der Waals surface area contributed by atoms with Crippen LogP contribution in [-0.4, -0.2) is 24.3 Å². The van der Waals surface area contributed by atoms with Crippen molar-refractivity contribution >= 4 is 23.2 Å². The van der Waals surface area contributed by atoms with Crippen molar-refractivity contribution in [2.75, 3.05) is 6.61 Å². The fourth-order valence-corrected chi connectivity index (χ4v) is 4.78. The van der Waals surface area contributed by atoms with Gasteiger partial charge in [0.25, 0.3) is 0 Å². The second kappa shape index (κ2) is 8.46. The number of halogens is 1. The molecule has 2 aliphatic carbocycles. The van der Waals surface area contributed by atoms with Crippen LogP contribution in [0.15, 0.2) is 34.8 Å². The van der Waals surface area contributed by atoms with Gasteiger partial charge in [0.1, 0.15) is 11.5 Å². The SMILES string of the molecule is CCOc1cc(C2C3=C(CCCC3=O)OC3=C2C(=O)CCC3)cc(Cl)c1OC(C)C. The zero-order valence-corrected chi connectivity index (χ0v) is 18.4. The Hall–Kier alpha value is -2.27. The van der Waals surface area contributed by atoms with Crippen LogP contribution >= 0.6 is 11.6 Å². The maximum absolute atomic E-state index is 12.9. The number of allylic oxidation sites excluding steroid dienone is 4. The maximum atomic E-state index is 12.9. The molecule has 3 aliphatic rings. The van der Waals surface area contributed by atoms with Crippen molar-refractivity contribution in [3.63, 3.8) is 0 Å². The summed E-state index contributed by atoms with van der Waals surface area (Å²) < 4.78 is 17.8. The van der Waals surface area contributed by atoms with Crippen molar-refractivity contribution in [3.8, 4) is 11.5 Å². The second-order valence-corrected chi connectivity index (χ2v) is 8.60. The third-order valence-electron chi connectivity index (χ3n) is 5.66. The average molecular weight is 431 g/mol. The smallest absolute Gasteiger partial charge is 0.180 e. The molecule has 0 fully saturated rings. The molecular weight excluding hydrogens is 404 g/mol. The molecular formula is C24H27ClO5. The van der Waals surface area contributed by atoms with Gasteiger partial charge >= 0.3 is 0 Å². The number of ether oxygens (including phenoxy) is 3. The third-order valence-corrected chi connectivity index (χ3v) is 5.94. The molecule has 0 saturated heterocycles. The predicted molar refractivity (Wildman–Crippen MR) is 114 cm³/mol. The van der Waals surface area contributed by atoms with E-state index in [1.54, 1.807) is 6.07 Å². The summed E-state index contributed by atoms with van der Waals surface area (Å²) in [6.07, 6.45) is 3.83. The van der Waals surface area contributed by atoms with Gasteiger partial charge in [0.05, 0.1) is 17.7 Å². The Balaban J connectivity index is 1.89. The number of ketones is 2. The Labute approximate surface area is 182 Å². The van der Waals surface area contributed by atoms with E-state index < -0.39 is 5.92 Å². The monoisotopic (exact) mass is 430 g/mol. The summed E-state index contributed by atoms with van der Waals surface area (Å²) in [5, 5.41) is 0.409. The molecule has 1 heterocycles. The molecule has 0 spiro atoms. The number of Topliss-reactive ketones (excluding diaryl/α,β-unsaturated/α-hetero) is 2. The molecule has 4 rings (SSSR count). The van der Waals surface area contributed by atoms with Gasteiger partial charge < -0.3 is 14.2 Å². The van der Waals surface area contributed by atoms with E-state index in [2.05, 4.69) is 0 Å². The normalized spacial score (nSPS) is 19.6. The summed E-state index contributed by atoms with van der Waals surface area (Å²) in [6.45, 7) is 6.19. The average Bonchev–Trinajstić information content (AvgIpc) is 2.69. The van der Waals surface area contributed by atoms with Crippen LogP contribution in [0, 0.1) is 0 Å². The quantitative estimate of drug-likeness (QED) is 0.603. The number of rotatable bonds is 5. The molecule has 0 unspecified atom stereocenters. The van der Waals surface area contributed by atoms with E-state index in [1.807, 2.05) is 26.8 Å². The fraction of sp³-hybridized carbons (Fsp3) is 0.500. The molecule has 0 saturated carbocycles. The number of carbonyl (C=O) groups is 2. The van der Waals surface area contributed by atoms with Gasteiger partial charge in [0.15, 0.2) is 23.1 Å². The molecule has 1 aliphatic heterocycles. The first-order chi connectivity index (χ1) is 14.4. The molecule has 0 aromatic heterocycles. The third kappa shape index (κ3) is 3.76. The van der Waals surface area contributed by atoms with Crippen LogP contribution in [0.5, 0.6) is 11.5 Å². The molecule has 1 aromatic rings. The summed E-state index contributed by atoms with van der Waals surface area (Å²) in [5.74, 6) is 2.05. The zero-order valence-electron chi connectivity index (χ0n) is 17.7. The first-order valence-corrected chi connectivity index (χ1v) is 11.1. The fourth-order valence-electron chi connectivity index (χ4n) is 4.52. The van der Waals surface area contributed by atoms with Gasteiger partial charge in [0, 0.05) is 42.7 Å². The van der Waals surface area contributed by atoms with Crippen molar-refractivity contribution < 1.29 is 23.8 Å². The van der Waals surface area contributed by atoms with Crippen molar-refractivity contribution in [2.45, 2.75) is 71.3 Å². The van der Waals surface area contributed by atoms with Gasteiger partial charge in [-0.1, -0.05) is 11.6 Å². The highest BCUT2D eigenvalue weighted by Crippen LogP contribution is 2.50. The summed E-state index contributed by atoms with van der Waals surface area (Å²) in [4.78, 5) is 25.9. The van der Waals surface area contributed by atoms with Crippen LogP contribution in [0.1, 0.15) is 70.8 Å². The molecule has 160 valence electrons. The van der Waals surface area contributed by atoms with E-state index in [0.717, 1.165) is 18.4 Å². The molecule has 0 atom stereocenters. The van der Waals surface area contributed by atoms with Crippen LogP contribution in [0.2, 0.25) is 5.02 Å². The van der Waals surface area contributed by atoms with Crippen LogP contribution in [0.3, 0.4) is 0 Å². The summed E-state index contributed by atoms with van der Waals surface area (Å²) in [7, 11) is 0. The maximum Gasteiger partial charge on any atom is 0.180 e. The number of carbonyl (C=O) groups excluding carboxylic acids is 2. The van der Waals surface area contributed by atoms with Crippen LogP contribution < -0.4 is 9.47 Å². The summed E-state index contributed by atoms with van der Waals surface area (Å²) in [5.41, 5.74) is 1.98. The van der Waals surface area contributed by atoms with E-state index in [0.29, 0.717) is 71.5 Å². The van der Waals surface area contributed by atoms with Crippen LogP contribution in [0.4, 0.5) is 0 Å². The molecule has 0 N–H and O–H groups in total. The number of benzene rings is 1. The topological polar surface area (TPSA) is 61.8 Å². The Morgan fingerprint density at radius 1 is 1.03 bits per heavy atom. The minimum absolute atomic E-state index is 0.0442. The number of hydrogen-bond donors (Lipinski definition) is 0. The largest absolute Gasteiger partial charge is 0.490 e.